The minimum absolute atomic E-state index is 0.134. The number of nitrogens with one attached hydrogen (secondary N) is 1. The molecule has 0 saturated heterocycles. The van der Waals surface area contributed by atoms with Crippen LogP contribution in [0.1, 0.15) is 32.7 Å². The van der Waals surface area contributed by atoms with E-state index in [9.17, 15) is 9.59 Å². The van der Waals surface area contributed by atoms with Crippen molar-refractivity contribution < 1.29 is 19.4 Å². The molecule has 2 aromatic rings. The van der Waals surface area contributed by atoms with E-state index < -0.39 is 5.97 Å². The first kappa shape index (κ1) is 16.0. The molecule has 122 valence electrons. The molecule has 24 heavy (non-hydrogen) atoms. The van der Waals surface area contributed by atoms with Crippen LogP contribution in [-0.2, 0) is 4.74 Å². The summed E-state index contributed by atoms with van der Waals surface area (Å²) in [5.74, 6) is -1.30. The molecule has 1 aliphatic heterocycles. The third kappa shape index (κ3) is 3.70. The third-order valence-electron chi connectivity index (χ3n) is 3.85. The number of carbonyl (C=O) groups excluding carboxylic acids is 1. The minimum Gasteiger partial charge on any atom is -0.478 e. The van der Waals surface area contributed by atoms with Crippen molar-refractivity contribution in [1.82, 2.24) is 0 Å². The predicted octanol–water partition coefficient (Wildman–Crippen LogP) is 3.44. The van der Waals surface area contributed by atoms with Gasteiger partial charge in [0.2, 0.25) is 0 Å². The van der Waals surface area contributed by atoms with Crippen molar-refractivity contribution in [3.63, 3.8) is 0 Å². The number of benzene rings is 2. The topological polar surface area (TPSA) is 75.6 Å². The van der Waals surface area contributed by atoms with Crippen molar-refractivity contribution in [3.05, 3.63) is 71.3 Å². The second-order valence-electron chi connectivity index (χ2n) is 5.47. The van der Waals surface area contributed by atoms with Crippen LogP contribution in [0, 0.1) is 0 Å². The lowest BCUT2D eigenvalue weighted by Crippen LogP contribution is -2.12. The van der Waals surface area contributed by atoms with E-state index in [0.717, 1.165) is 12.0 Å². The number of carbonyl (C=O) groups is 2. The number of amides is 1. The van der Waals surface area contributed by atoms with E-state index in [1.54, 1.807) is 24.3 Å². The minimum atomic E-state index is -1.03. The fourth-order valence-electron chi connectivity index (χ4n) is 2.56. The molecule has 0 unspecified atom stereocenters. The summed E-state index contributed by atoms with van der Waals surface area (Å²) in [5.41, 5.74) is 3.42. The van der Waals surface area contributed by atoms with Gasteiger partial charge in [0.25, 0.3) is 5.91 Å². The lowest BCUT2D eigenvalue weighted by atomic mass is 10.00. The second-order valence-corrected chi connectivity index (χ2v) is 5.47. The molecule has 0 fully saturated rings. The van der Waals surface area contributed by atoms with Crippen LogP contribution in [0.4, 0.5) is 5.69 Å². The summed E-state index contributed by atoms with van der Waals surface area (Å²) in [6.07, 6.45) is 2.92. The summed E-state index contributed by atoms with van der Waals surface area (Å²) in [6, 6.07) is 13.5. The molecule has 1 aliphatic rings. The molecule has 0 atom stereocenters. The molecular formula is C19H17NO4. The van der Waals surface area contributed by atoms with Crippen LogP contribution >= 0.6 is 0 Å². The molecule has 2 N–H and O–H groups in total. The normalized spacial score (nSPS) is 13.9. The SMILES string of the molecule is O=C(O)c1cccc(NC(=O)c2ccc(C3=CCOCC3)cc2)c1. The van der Waals surface area contributed by atoms with E-state index in [4.69, 9.17) is 9.84 Å². The van der Waals surface area contributed by atoms with Gasteiger partial charge in [-0.15, -0.1) is 0 Å². The summed E-state index contributed by atoms with van der Waals surface area (Å²) in [5, 5.41) is 11.7. The number of rotatable bonds is 4. The molecule has 0 radical (unpaired) electrons. The summed E-state index contributed by atoms with van der Waals surface area (Å²) in [6.45, 7) is 1.34. The molecule has 5 heteroatoms. The van der Waals surface area contributed by atoms with Crippen LogP contribution in [0.15, 0.2) is 54.6 Å². The molecule has 0 saturated carbocycles. The summed E-state index contributed by atoms with van der Waals surface area (Å²) >= 11 is 0. The van der Waals surface area contributed by atoms with Crippen molar-refractivity contribution >= 4 is 23.1 Å². The molecule has 1 amide bonds. The van der Waals surface area contributed by atoms with Gasteiger partial charge < -0.3 is 15.2 Å². The fraction of sp³-hybridized carbons (Fsp3) is 0.158. The van der Waals surface area contributed by atoms with Crippen molar-refractivity contribution in [3.8, 4) is 0 Å². The van der Waals surface area contributed by atoms with Gasteiger partial charge in [0.1, 0.15) is 0 Å². The highest BCUT2D eigenvalue weighted by molar-refractivity contribution is 6.05. The molecule has 5 nitrogen and oxygen atoms in total. The van der Waals surface area contributed by atoms with Crippen LogP contribution in [0.3, 0.4) is 0 Å². The smallest absolute Gasteiger partial charge is 0.335 e. The number of carboxylic acids is 1. The van der Waals surface area contributed by atoms with Gasteiger partial charge in [-0.2, -0.15) is 0 Å². The van der Waals surface area contributed by atoms with Gasteiger partial charge in [-0.3, -0.25) is 4.79 Å². The average Bonchev–Trinajstić information content (AvgIpc) is 2.63. The van der Waals surface area contributed by atoms with Crippen molar-refractivity contribution in [2.75, 3.05) is 18.5 Å². The van der Waals surface area contributed by atoms with Gasteiger partial charge >= 0.3 is 5.97 Å². The average molecular weight is 323 g/mol. The van der Waals surface area contributed by atoms with E-state index in [0.29, 0.717) is 24.5 Å². The monoisotopic (exact) mass is 323 g/mol. The maximum absolute atomic E-state index is 12.3. The lowest BCUT2D eigenvalue weighted by molar-refractivity contribution is 0.0696. The molecule has 0 aliphatic carbocycles. The largest absolute Gasteiger partial charge is 0.478 e. The highest BCUT2D eigenvalue weighted by atomic mass is 16.5. The number of carboxylic acid groups (broad SMARTS) is 1. The Bertz CT molecular complexity index is 793. The number of hydrogen-bond acceptors (Lipinski definition) is 3. The van der Waals surface area contributed by atoms with Gasteiger partial charge in [-0.1, -0.05) is 24.3 Å². The number of hydrogen-bond donors (Lipinski definition) is 2. The van der Waals surface area contributed by atoms with Gasteiger partial charge in [0.15, 0.2) is 0 Å². The lowest BCUT2D eigenvalue weighted by Gasteiger charge is -2.14. The summed E-state index contributed by atoms with van der Waals surface area (Å²) in [4.78, 5) is 23.3. The third-order valence-corrected chi connectivity index (χ3v) is 3.85. The number of aromatic carboxylic acids is 1. The Labute approximate surface area is 139 Å². The Morgan fingerprint density at radius 3 is 2.50 bits per heavy atom. The van der Waals surface area contributed by atoms with Gasteiger partial charge in [0.05, 0.1) is 18.8 Å². The van der Waals surface area contributed by atoms with Crippen LogP contribution in [0.2, 0.25) is 0 Å². The fourth-order valence-corrected chi connectivity index (χ4v) is 2.56. The van der Waals surface area contributed by atoms with Gasteiger partial charge in [0, 0.05) is 11.3 Å². The second kappa shape index (κ2) is 7.10. The van der Waals surface area contributed by atoms with Crippen molar-refractivity contribution in [1.29, 1.82) is 0 Å². The van der Waals surface area contributed by atoms with Crippen LogP contribution in [0.25, 0.3) is 5.57 Å². The molecule has 0 aromatic heterocycles. The van der Waals surface area contributed by atoms with Crippen molar-refractivity contribution in [2.24, 2.45) is 0 Å². The molecule has 2 aromatic carbocycles. The summed E-state index contributed by atoms with van der Waals surface area (Å²) in [7, 11) is 0. The maximum Gasteiger partial charge on any atom is 0.335 e. The van der Waals surface area contributed by atoms with Crippen LogP contribution < -0.4 is 5.32 Å². The van der Waals surface area contributed by atoms with Crippen molar-refractivity contribution in [2.45, 2.75) is 6.42 Å². The van der Waals surface area contributed by atoms with Crippen LogP contribution in [0.5, 0.6) is 0 Å². The summed E-state index contributed by atoms with van der Waals surface area (Å²) < 4.78 is 5.29. The Morgan fingerprint density at radius 1 is 1.04 bits per heavy atom. The van der Waals surface area contributed by atoms with E-state index >= 15 is 0 Å². The van der Waals surface area contributed by atoms with E-state index in [1.807, 2.05) is 12.1 Å². The Hall–Kier alpha value is -2.92. The van der Waals surface area contributed by atoms with Crippen LogP contribution in [-0.4, -0.2) is 30.2 Å². The molecular weight excluding hydrogens is 306 g/mol. The molecule has 3 rings (SSSR count). The zero-order chi connectivity index (χ0) is 16.9. The number of ether oxygens (including phenoxy) is 1. The molecule has 0 bridgehead atoms. The molecule has 0 spiro atoms. The zero-order valence-electron chi connectivity index (χ0n) is 13.0. The zero-order valence-corrected chi connectivity index (χ0v) is 13.0. The van der Waals surface area contributed by atoms with Gasteiger partial charge in [-0.25, -0.2) is 4.79 Å². The Kier molecular flexibility index (Phi) is 4.72. The highest BCUT2D eigenvalue weighted by Gasteiger charge is 2.10. The first-order valence-electron chi connectivity index (χ1n) is 7.65. The Morgan fingerprint density at radius 2 is 1.83 bits per heavy atom. The standard InChI is InChI=1S/C19H17NO4/c21-18(20-17-3-1-2-16(12-17)19(22)23)15-6-4-13(5-7-15)14-8-10-24-11-9-14/h1-8,12H,9-11H2,(H,20,21)(H,22,23). The highest BCUT2D eigenvalue weighted by Crippen LogP contribution is 2.22. The first-order chi connectivity index (χ1) is 11.6. The Balaban J connectivity index is 1.72. The van der Waals surface area contributed by atoms with E-state index in [2.05, 4.69) is 11.4 Å². The number of anilines is 1. The predicted molar refractivity (Wildman–Crippen MR) is 91.2 cm³/mol. The first-order valence-corrected chi connectivity index (χ1v) is 7.65. The van der Waals surface area contributed by atoms with Gasteiger partial charge in [-0.05, 0) is 47.9 Å². The van der Waals surface area contributed by atoms with E-state index in [-0.39, 0.29) is 11.5 Å². The quantitative estimate of drug-likeness (QED) is 0.904. The van der Waals surface area contributed by atoms with E-state index in [1.165, 1.54) is 17.7 Å². The maximum atomic E-state index is 12.3. The molecule has 1 heterocycles.